The Labute approximate surface area is 111 Å². The van der Waals surface area contributed by atoms with Gasteiger partial charge in [-0.15, -0.1) is 0 Å². The zero-order valence-electron chi connectivity index (χ0n) is 11.2. The van der Waals surface area contributed by atoms with E-state index in [1.165, 1.54) is 18.2 Å². The second kappa shape index (κ2) is 6.29. The summed E-state index contributed by atoms with van der Waals surface area (Å²) in [5.74, 6) is -0.237. The number of carbonyl (C=O) groups is 1. The highest BCUT2D eigenvalue weighted by molar-refractivity contribution is 5.94. The Balaban J connectivity index is 2.89. The van der Waals surface area contributed by atoms with E-state index in [1.807, 2.05) is 13.8 Å². The molecule has 19 heavy (non-hydrogen) atoms. The number of carbonyl (C=O) groups excluding carboxylic acids is 1. The number of rotatable bonds is 5. The molecular weight excluding hydrogens is 248 g/mol. The van der Waals surface area contributed by atoms with Crippen LogP contribution in [0.3, 0.4) is 0 Å². The highest BCUT2D eigenvalue weighted by Crippen LogP contribution is 2.18. The summed E-state index contributed by atoms with van der Waals surface area (Å²) >= 11 is 0. The van der Waals surface area contributed by atoms with E-state index in [0.29, 0.717) is 11.1 Å². The van der Waals surface area contributed by atoms with Crippen molar-refractivity contribution in [2.24, 2.45) is 5.92 Å². The zero-order valence-corrected chi connectivity index (χ0v) is 11.2. The lowest BCUT2D eigenvalue weighted by Crippen LogP contribution is -2.41. The molecular formula is C13H18N2O4. The number of benzene rings is 1. The molecule has 6 nitrogen and oxygen atoms in total. The fraction of sp³-hybridized carbons (Fsp3) is 0.462. The first kappa shape index (κ1) is 15.1. The molecule has 1 amide bonds. The van der Waals surface area contributed by atoms with Gasteiger partial charge in [0, 0.05) is 17.2 Å². The first-order valence-electron chi connectivity index (χ1n) is 6.03. The van der Waals surface area contributed by atoms with Crippen LogP contribution in [-0.2, 0) is 0 Å². The number of hydrogen-bond acceptors (Lipinski definition) is 4. The maximum Gasteiger partial charge on any atom is 0.272 e. The summed E-state index contributed by atoms with van der Waals surface area (Å²) in [5, 5.41) is 22.5. The second-order valence-electron chi connectivity index (χ2n) is 4.76. The Hall–Kier alpha value is -1.95. The molecule has 104 valence electrons. The number of aryl methyl sites for hydroxylation is 1. The molecule has 0 saturated heterocycles. The third-order valence-electron chi connectivity index (χ3n) is 2.97. The summed E-state index contributed by atoms with van der Waals surface area (Å²) < 4.78 is 0. The van der Waals surface area contributed by atoms with Gasteiger partial charge in [0.15, 0.2) is 0 Å². The summed E-state index contributed by atoms with van der Waals surface area (Å²) in [7, 11) is 0. The van der Waals surface area contributed by atoms with Gasteiger partial charge in [-0.25, -0.2) is 0 Å². The smallest absolute Gasteiger partial charge is 0.272 e. The molecule has 0 radical (unpaired) electrons. The zero-order chi connectivity index (χ0) is 14.6. The summed E-state index contributed by atoms with van der Waals surface area (Å²) in [6, 6.07) is 3.87. The lowest BCUT2D eigenvalue weighted by molar-refractivity contribution is -0.385. The van der Waals surface area contributed by atoms with Crippen LogP contribution in [0, 0.1) is 23.0 Å². The van der Waals surface area contributed by atoms with Gasteiger partial charge in [0.2, 0.25) is 0 Å². The van der Waals surface area contributed by atoms with Crippen LogP contribution in [0.5, 0.6) is 0 Å². The third-order valence-corrected chi connectivity index (χ3v) is 2.97. The molecule has 1 rings (SSSR count). The minimum atomic E-state index is -0.484. The monoisotopic (exact) mass is 266 g/mol. The predicted octanol–water partition coefficient (Wildman–Crippen LogP) is 1.65. The maximum absolute atomic E-state index is 12.0. The quantitative estimate of drug-likeness (QED) is 0.626. The van der Waals surface area contributed by atoms with E-state index in [9.17, 15) is 14.9 Å². The number of aliphatic hydroxyl groups is 1. The van der Waals surface area contributed by atoms with Crippen LogP contribution in [-0.4, -0.2) is 28.6 Å². The topological polar surface area (TPSA) is 92.5 Å². The van der Waals surface area contributed by atoms with Crippen molar-refractivity contribution in [3.05, 3.63) is 39.4 Å². The minimum absolute atomic E-state index is 0.0147. The summed E-state index contributed by atoms with van der Waals surface area (Å²) in [6.07, 6.45) is 0. The standard InChI is InChI=1S/C13H18N2O4/c1-8(2)11(7-16)14-13(17)10-4-5-12(15(18)19)9(3)6-10/h4-6,8,11,16H,7H2,1-3H3,(H,14,17)/t11-/m1/s1. The maximum atomic E-state index is 12.0. The van der Waals surface area contributed by atoms with Crippen molar-refractivity contribution in [3.8, 4) is 0 Å². The molecule has 1 aromatic rings. The second-order valence-corrected chi connectivity index (χ2v) is 4.76. The van der Waals surface area contributed by atoms with Gasteiger partial charge < -0.3 is 10.4 Å². The highest BCUT2D eigenvalue weighted by atomic mass is 16.6. The lowest BCUT2D eigenvalue weighted by Gasteiger charge is -2.19. The van der Waals surface area contributed by atoms with Crippen molar-refractivity contribution in [1.82, 2.24) is 5.32 Å². The van der Waals surface area contributed by atoms with Crippen molar-refractivity contribution >= 4 is 11.6 Å². The summed E-state index contributed by atoms with van der Waals surface area (Å²) in [6.45, 7) is 5.22. The largest absolute Gasteiger partial charge is 0.394 e. The number of hydrogen-bond donors (Lipinski definition) is 2. The molecule has 0 spiro atoms. The SMILES string of the molecule is Cc1cc(C(=O)N[C@H](CO)C(C)C)ccc1[N+](=O)[O-]. The Bertz CT molecular complexity index is 486. The summed E-state index contributed by atoms with van der Waals surface area (Å²) in [4.78, 5) is 22.2. The minimum Gasteiger partial charge on any atom is -0.394 e. The van der Waals surface area contributed by atoms with Crippen molar-refractivity contribution in [1.29, 1.82) is 0 Å². The highest BCUT2D eigenvalue weighted by Gasteiger charge is 2.18. The van der Waals surface area contributed by atoms with Crippen LogP contribution in [0.4, 0.5) is 5.69 Å². The molecule has 0 saturated carbocycles. The van der Waals surface area contributed by atoms with Crippen LogP contribution >= 0.6 is 0 Å². The molecule has 0 fully saturated rings. The van der Waals surface area contributed by atoms with Crippen molar-refractivity contribution in [3.63, 3.8) is 0 Å². The van der Waals surface area contributed by atoms with E-state index in [-0.39, 0.29) is 30.2 Å². The Kier molecular flexibility index (Phi) is 5.00. The third kappa shape index (κ3) is 3.75. The fourth-order valence-electron chi connectivity index (χ4n) is 1.68. The van der Waals surface area contributed by atoms with Crippen molar-refractivity contribution in [2.75, 3.05) is 6.61 Å². The number of nitrogens with one attached hydrogen (secondary N) is 1. The van der Waals surface area contributed by atoms with Gasteiger partial charge in [-0.05, 0) is 25.0 Å². The number of nitro benzene ring substituents is 1. The molecule has 6 heteroatoms. The number of nitrogens with zero attached hydrogens (tertiary/aromatic N) is 1. The van der Waals surface area contributed by atoms with E-state index in [2.05, 4.69) is 5.32 Å². The van der Waals surface area contributed by atoms with E-state index in [4.69, 9.17) is 5.11 Å². The normalized spacial score (nSPS) is 12.3. The molecule has 0 aliphatic heterocycles. The predicted molar refractivity (Wildman–Crippen MR) is 71.0 cm³/mol. The van der Waals surface area contributed by atoms with Crippen LogP contribution in [0.1, 0.15) is 29.8 Å². The van der Waals surface area contributed by atoms with E-state index < -0.39 is 4.92 Å². The van der Waals surface area contributed by atoms with E-state index in [0.717, 1.165) is 0 Å². The van der Waals surface area contributed by atoms with E-state index >= 15 is 0 Å². The molecule has 0 aliphatic rings. The van der Waals surface area contributed by atoms with Crippen LogP contribution in [0.15, 0.2) is 18.2 Å². The fourth-order valence-corrected chi connectivity index (χ4v) is 1.68. The first-order chi connectivity index (χ1) is 8.86. The Morgan fingerprint density at radius 3 is 2.53 bits per heavy atom. The van der Waals surface area contributed by atoms with Gasteiger partial charge in [0.05, 0.1) is 17.6 Å². The summed E-state index contributed by atoms with van der Waals surface area (Å²) in [5.41, 5.74) is 0.768. The van der Waals surface area contributed by atoms with Crippen LogP contribution < -0.4 is 5.32 Å². The van der Waals surface area contributed by atoms with Gasteiger partial charge >= 0.3 is 0 Å². The van der Waals surface area contributed by atoms with Gasteiger partial charge in [-0.2, -0.15) is 0 Å². The molecule has 0 unspecified atom stereocenters. The Morgan fingerprint density at radius 1 is 1.47 bits per heavy atom. The van der Waals surface area contributed by atoms with Crippen molar-refractivity contribution in [2.45, 2.75) is 26.8 Å². The van der Waals surface area contributed by atoms with Crippen molar-refractivity contribution < 1.29 is 14.8 Å². The van der Waals surface area contributed by atoms with Gasteiger partial charge in [0.1, 0.15) is 0 Å². The molecule has 1 aromatic carbocycles. The number of aliphatic hydroxyl groups excluding tert-OH is 1. The molecule has 0 bridgehead atoms. The molecule has 1 atom stereocenters. The molecule has 0 aliphatic carbocycles. The van der Waals surface area contributed by atoms with Crippen LogP contribution in [0.2, 0.25) is 0 Å². The van der Waals surface area contributed by atoms with Gasteiger partial charge in [-0.1, -0.05) is 13.8 Å². The average Bonchev–Trinajstić information content (AvgIpc) is 2.34. The number of amides is 1. The first-order valence-corrected chi connectivity index (χ1v) is 6.03. The van der Waals surface area contributed by atoms with E-state index in [1.54, 1.807) is 6.92 Å². The lowest BCUT2D eigenvalue weighted by atomic mass is 10.0. The Morgan fingerprint density at radius 2 is 2.11 bits per heavy atom. The van der Waals surface area contributed by atoms with Crippen LogP contribution in [0.25, 0.3) is 0 Å². The van der Waals surface area contributed by atoms with Gasteiger partial charge in [-0.3, -0.25) is 14.9 Å². The number of nitro groups is 1. The average molecular weight is 266 g/mol. The molecule has 0 heterocycles. The molecule has 2 N–H and O–H groups in total. The van der Waals surface area contributed by atoms with Gasteiger partial charge in [0.25, 0.3) is 11.6 Å². The molecule has 0 aromatic heterocycles.